The van der Waals surface area contributed by atoms with Crippen LogP contribution >= 0.6 is 0 Å². The summed E-state index contributed by atoms with van der Waals surface area (Å²) >= 11 is 0. The van der Waals surface area contributed by atoms with Gasteiger partial charge in [-0.3, -0.25) is 0 Å². The molecule has 2 rings (SSSR count). The van der Waals surface area contributed by atoms with Crippen LogP contribution in [0.5, 0.6) is 0 Å². The smallest absolute Gasteiger partial charge is 0.0308 e. The monoisotopic (exact) mass is 279 g/mol. The maximum atomic E-state index is 7.03. The zero-order valence-electron chi connectivity index (χ0n) is 13.7. The Morgan fingerprint density at radius 1 is 0.857 bits per heavy atom. The molecule has 0 unspecified atom stereocenters. The minimum atomic E-state index is 0.655. The third-order valence-corrected chi connectivity index (χ3v) is 3.64. The van der Waals surface area contributed by atoms with Crippen LogP contribution in [0.15, 0.2) is 60.2 Å². The summed E-state index contributed by atoms with van der Waals surface area (Å²) in [4.78, 5) is 0. The summed E-state index contributed by atoms with van der Waals surface area (Å²) in [7, 11) is 0. The van der Waals surface area contributed by atoms with E-state index in [0.717, 1.165) is 5.57 Å². The van der Waals surface area contributed by atoms with Gasteiger partial charge >= 0.3 is 0 Å². The SMILES string of the molecule is C/C=C(/C)C(C)=N.Cc1ccc(-c2ccccc2)cc1C. The van der Waals surface area contributed by atoms with Gasteiger partial charge in [-0.25, -0.2) is 0 Å². The summed E-state index contributed by atoms with van der Waals surface area (Å²) in [6.07, 6.45) is 1.93. The van der Waals surface area contributed by atoms with Gasteiger partial charge in [-0.15, -0.1) is 0 Å². The van der Waals surface area contributed by atoms with E-state index in [-0.39, 0.29) is 0 Å². The second-order valence-corrected chi connectivity index (χ2v) is 5.26. The maximum Gasteiger partial charge on any atom is 0.0308 e. The molecule has 0 spiro atoms. The van der Waals surface area contributed by atoms with Crippen LogP contribution in [-0.2, 0) is 0 Å². The van der Waals surface area contributed by atoms with Crippen molar-refractivity contribution in [2.75, 3.05) is 0 Å². The van der Waals surface area contributed by atoms with E-state index in [0.29, 0.717) is 5.71 Å². The lowest BCUT2D eigenvalue weighted by Gasteiger charge is -2.04. The quantitative estimate of drug-likeness (QED) is 0.655. The highest BCUT2D eigenvalue weighted by molar-refractivity contribution is 5.94. The van der Waals surface area contributed by atoms with E-state index in [1.165, 1.54) is 22.3 Å². The number of benzene rings is 2. The van der Waals surface area contributed by atoms with Gasteiger partial charge in [-0.05, 0) is 62.4 Å². The summed E-state index contributed by atoms with van der Waals surface area (Å²) < 4.78 is 0. The van der Waals surface area contributed by atoms with Crippen molar-refractivity contribution in [3.05, 3.63) is 71.3 Å². The van der Waals surface area contributed by atoms with Crippen molar-refractivity contribution in [2.24, 2.45) is 0 Å². The first-order chi connectivity index (χ1) is 9.95. The molecule has 0 saturated carbocycles. The molecule has 0 saturated heterocycles. The molecule has 1 heteroatoms. The Bertz CT molecular complexity index is 622. The first-order valence-corrected chi connectivity index (χ1v) is 7.26. The number of nitrogens with one attached hydrogen (secondary N) is 1. The number of hydrogen-bond acceptors (Lipinski definition) is 1. The van der Waals surface area contributed by atoms with Crippen molar-refractivity contribution in [2.45, 2.75) is 34.6 Å². The average molecular weight is 279 g/mol. The highest BCUT2D eigenvalue weighted by Gasteiger charge is 1.97. The number of aryl methyl sites for hydroxylation is 2. The van der Waals surface area contributed by atoms with Crippen molar-refractivity contribution in [3.63, 3.8) is 0 Å². The fourth-order valence-electron chi connectivity index (χ4n) is 1.77. The number of allylic oxidation sites excluding steroid dienone is 2. The lowest BCUT2D eigenvalue weighted by molar-refractivity contribution is 1.34. The molecule has 0 fully saturated rings. The zero-order chi connectivity index (χ0) is 15.8. The van der Waals surface area contributed by atoms with Crippen LogP contribution in [0.4, 0.5) is 0 Å². The van der Waals surface area contributed by atoms with Gasteiger partial charge in [-0.2, -0.15) is 0 Å². The predicted molar refractivity (Wildman–Crippen MR) is 94.2 cm³/mol. The standard InChI is InChI=1S/C14H14.C6H11N/c1-11-8-9-14(10-12(11)2)13-6-4-3-5-7-13;1-4-5(2)6(3)7/h3-10H,1-2H3;4,7H,1-3H3/b;5-4-,7-6?. The fourth-order valence-corrected chi connectivity index (χ4v) is 1.77. The molecule has 110 valence electrons. The largest absolute Gasteiger partial charge is 0.305 e. The van der Waals surface area contributed by atoms with Crippen molar-refractivity contribution in [1.29, 1.82) is 5.41 Å². The molecule has 0 aliphatic carbocycles. The minimum absolute atomic E-state index is 0.655. The van der Waals surface area contributed by atoms with Gasteiger partial charge in [0.15, 0.2) is 0 Å². The number of rotatable bonds is 2. The minimum Gasteiger partial charge on any atom is -0.305 e. The normalized spacial score (nSPS) is 10.6. The van der Waals surface area contributed by atoms with E-state index in [1.54, 1.807) is 6.92 Å². The van der Waals surface area contributed by atoms with Crippen molar-refractivity contribution in [3.8, 4) is 11.1 Å². The molecule has 0 radical (unpaired) electrons. The van der Waals surface area contributed by atoms with Crippen molar-refractivity contribution >= 4 is 5.71 Å². The molecule has 1 N–H and O–H groups in total. The molecule has 0 aliphatic rings. The van der Waals surface area contributed by atoms with E-state index < -0.39 is 0 Å². The highest BCUT2D eigenvalue weighted by atomic mass is 14.4. The Hall–Kier alpha value is -2.15. The molecule has 0 aliphatic heterocycles. The summed E-state index contributed by atoms with van der Waals surface area (Å²) in [6, 6.07) is 17.1. The summed E-state index contributed by atoms with van der Waals surface area (Å²) in [5.41, 5.74) is 7.00. The van der Waals surface area contributed by atoms with Crippen LogP contribution in [0, 0.1) is 19.3 Å². The summed E-state index contributed by atoms with van der Waals surface area (Å²) in [6.45, 7) is 9.96. The van der Waals surface area contributed by atoms with E-state index >= 15 is 0 Å². The van der Waals surface area contributed by atoms with Gasteiger partial charge in [0.1, 0.15) is 0 Å². The maximum absolute atomic E-state index is 7.03. The van der Waals surface area contributed by atoms with E-state index in [9.17, 15) is 0 Å². The van der Waals surface area contributed by atoms with Crippen LogP contribution < -0.4 is 0 Å². The lowest BCUT2D eigenvalue weighted by Crippen LogP contribution is -1.87. The van der Waals surface area contributed by atoms with Gasteiger partial charge in [0.25, 0.3) is 0 Å². The molecule has 0 heterocycles. The average Bonchev–Trinajstić information content (AvgIpc) is 2.50. The van der Waals surface area contributed by atoms with E-state index in [2.05, 4.69) is 56.3 Å². The van der Waals surface area contributed by atoms with Crippen LogP contribution in [0.1, 0.15) is 31.9 Å². The second kappa shape index (κ2) is 8.21. The number of hydrogen-bond donors (Lipinski definition) is 1. The molecule has 0 atom stereocenters. The zero-order valence-corrected chi connectivity index (χ0v) is 13.7. The molecule has 1 nitrogen and oxygen atoms in total. The Morgan fingerprint density at radius 3 is 1.90 bits per heavy atom. The van der Waals surface area contributed by atoms with Gasteiger partial charge in [0.2, 0.25) is 0 Å². The summed E-state index contributed by atoms with van der Waals surface area (Å²) in [5.74, 6) is 0. The van der Waals surface area contributed by atoms with E-state index in [4.69, 9.17) is 5.41 Å². The van der Waals surface area contributed by atoms with Crippen LogP contribution in [-0.4, -0.2) is 5.71 Å². The van der Waals surface area contributed by atoms with E-state index in [1.807, 2.05) is 26.0 Å². The van der Waals surface area contributed by atoms with Crippen molar-refractivity contribution in [1.82, 2.24) is 0 Å². The van der Waals surface area contributed by atoms with Gasteiger partial charge in [0.05, 0.1) is 0 Å². The first kappa shape index (κ1) is 16.9. The van der Waals surface area contributed by atoms with Crippen molar-refractivity contribution < 1.29 is 0 Å². The van der Waals surface area contributed by atoms with Crippen LogP contribution in [0.25, 0.3) is 11.1 Å². The molecule has 21 heavy (non-hydrogen) atoms. The summed E-state index contributed by atoms with van der Waals surface area (Å²) in [5, 5.41) is 7.03. The molecule has 0 aromatic heterocycles. The topological polar surface area (TPSA) is 23.9 Å². The molecule has 0 amide bonds. The Balaban J connectivity index is 0.000000270. The van der Waals surface area contributed by atoms with Crippen LogP contribution in [0.2, 0.25) is 0 Å². The predicted octanol–water partition coefficient (Wildman–Crippen LogP) is 5.96. The van der Waals surface area contributed by atoms with Crippen LogP contribution in [0.3, 0.4) is 0 Å². The van der Waals surface area contributed by atoms with Gasteiger partial charge < -0.3 is 5.41 Å². The molecular weight excluding hydrogens is 254 g/mol. The van der Waals surface area contributed by atoms with Gasteiger partial charge in [0, 0.05) is 5.71 Å². The molecule has 0 bridgehead atoms. The Kier molecular flexibility index (Phi) is 6.61. The Morgan fingerprint density at radius 2 is 1.48 bits per heavy atom. The second-order valence-electron chi connectivity index (χ2n) is 5.26. The Labute approximate surface area is 128 Å². The lowest BCUT2D eigenvalue weighted by atomic mass is 10.0. The molecule has 2 aromatic carbocycles. The third kappa shape index (κ3) is 5.39. The van der Waals surface area contributed by atoms with Gasteiger partial charge in [-0.1, -0.05) is 54.6 Å². The molecular formula is C20H25N. The fraction of sp³-hybridized carbons (Fsp3) is 0.250. The highest BCUT2D eigenvalue weighted by Crippen LogP contribution is 2.21. The first-order valence-electron chi connectivity index (χ1n) is 7.26. The third-order valence-electron chi connectivity index (χ3n) is 3.64. The molecule has 2 aromatic rings.